The van der Waals surface area contributed by atoms with Gasteiger partial charge in [0.1, 0.15) is 5.01 Å². The predicted octanol–water partition coefficient (Wildman–Crippen LogP) is 2.66. The quantitative estimate of drug-likeness (QED) is 0.795. The van der Waals surface area contributed by atoms with Crippen LogP contribution in [0.5, 0.6) is 0 Å². The molecule has 0 fully saturated rings. The van der Waals surface area contributed by atoms with E-state index in [0.29, 0.717) is 6.04 Å². The predicted molar refractivity (Wildman–Crippen MR) is 57.4 cm³/mol. The molecule has 0 atom stereocenters. The molecule has 1 aromatic rings. The normalized spacial score (nSPS) is 12.2. The molecule has 0 unspecified atom stereocenters. The van der Waals surface area contributed by atoms with E-state index in [-0.39, 0.29) is 5.41 Å². The Kier molecular flexibility index (Phi) is 2.91. The van der Waals surface area contributed by atoms with Gasteiger partial charge < -0.3 is 5.32 Å². The van der Waals surface area contributed by atoms with Gasteiger partial charge in [0.2, 0.25) is 5.13 Å². The van der Waals surface area contributed by atoms with Crippen molar-refractivity contribution in [2.45, 2.75) is 46.1 Å². The standard InChI is InChI=1S/C9H17N3S/c1-6(2)10-8-12-11-7(13-8)9(3,4)5/h6H,1-5H3,(H,10,12). The Hall–Kier alpha value is -0.640. The summed E-state index contributed by atoms with van der Waals surface area (Å²) in [5, 5.41) is 13.5. The second kappa shape index (κ2) is 3.62. The van der Waals surface area contributed by atoms with Crippen molar-refractivity contribution in [1.29, 1.82) is 0 Å². The largest absolute Gasteiger partial charge is 0.358 e. The molecule has 13 heavy (non-hydrogen) atoms. The van der Waals surface area contributed by atoms with Gasteiger partial charge in [0.05, 0.1) is 0 Å². The molecule has 3 nitrogen and oxygen atoms in total. The van der Waals surface area contributed by atoms with Crippen LogP contribution in [-0.2, 0) is 5.41 Å². The van der Waals surface area contributed by atoms with Crippen LogP contribution in [0.1, 0.15) is 39.6 Å². The molecule has 0 aromatic carbocycles. The second-order valence-corrected chi connectivity index (χ2v) is 5.44. The van der Waals surface area contributed by atoms with Gasteiger partial charge in [-0.25, -0.2) is 0 Å². The van der Waals surface area contributed by atoms with E-state index < -0.39 is 0 Å². The topological polar surface area (TPSA) is 37.8 Å². The van der Waals surface area contributed by atoms with Crippen molar-refractivity contribution in [3.05, 3.63) is 5.01 Å². The molecule has 4 heteroatoms. The number of anilines is 1. The zero-order valence-electron chi connectivity index (χ0n) is 8.88. The minimum Gasteiger partial charge on any atom is -0.358 e. The molecule has 0 aliphatic carbocycles. The van der Waals surface area contributed by atoms with Crippen LogP contribution in [0.15, 0.2) is 0 Å². The molecule has 0 spiro atoms. The van der Waals surface area contributed by atoms with E-state index in [9.17, 15) is 0 Å². The van der Waals surface area contributed by atoms with Crippen molar-refractivity contribution in [3.8, 4) is 0 Å². The van der Waals surface area contributed by atoms with Crippen molar-refractivity contribution in [3.63, 3.8) is 0 Å². The average molecular weight is 199 g/mol. The van der Waals surface area contributed by atoms with Gasteiger partial charge in [-0.1, -0.05) is 32.1 Å². The van der Waals surface area contributed by atoms with Crippen LogP contribution in [0, 0.1) is 0 Å². The third-order valence-electron chi connectivity index (χ3n) is 1.48. The van der Waals surface area contributed by atoms with Gasteiger partial charge in [-0.15, -0.1) is 10.2 Å². The minimum absolute atomic E-state index is 0.106. The summed E-state index contributed by atoms with van der Waals surface area (Å²) >= 11 is 1.63. The van der Waals surface area contributed by atoms with Crippen LogP contribution in [0.2, 0.25) is 0 Å². The van der Waals surface area contributed by atoms with Gasteiger partial charge >= 0.3 is 0 Å². The van der Waals surface area contributed by atoms with Crippen LogP contribution in [0.25, 0.3) is 0 Å². The lowest BCUT2D eigenvalue weighted by molar-refractivity contribution is 0.578. The lowest BCUT2D eigenvalue weighted by atomic mass is 9.98. The Bertz CT molecular complexity index is 273. The number of nitrogens with one attached hydrogen (secondary N) is 1. The first-order chi connectivity index (χ1) is 5.89. The van der Waals surface area contributed by atoms with E-state index in [0.717, 1.165) is 10.1 Å². The SMILES string of the molecule is CC(C)Nc1nnc(C(C)(C)C)s1. The van der Waals surface area contributed by atoms with Crippen LogP contribution < -0.4 is 5.32 Å². The monoisotopic (exact) mass is 199 g/mol. The van der Waals surface area contributed by atoms with Crippen molar-refractivity contribution >= 4 is 16.5 Å². The zero-order chi connectivity index (χ0) is 10.1. The highest BCUT2D eigenvalue weighted by molar-refractivity contribution is 7.15. The molecule has 0 bridgehead atoms. The third-order valence-corrected chi connectivity index (χ3v) is 2.76. The van der Waals surface area contributed by atoms with Gasteiger partial charge in [0, 0.05) is 11.5 Å². The van der Waals surface area contributed by atoms with Crippen LogP contribution in [0.3, 0.4) is 0 Å². The van der Waals surface area contributed by atoms with Gasteiger partial charge in [-0.05, 0) is 13.8 Å². The summed E-state index contributed by atoms with van der Waals surface area (Å²) in [6.07, 6.45) is 0. The third kappa shape index (κ3) is 2.95. The second-order valence-electron chi connectivity index (χ2n) is 4.46. The summed E-state index contributed by atoms with van der Waals surface area (Å²) in [6, 6.07) is 0.417. The Morgan fingerprint density at radius 2 is 1.85 bits per heavy atom. The molecule has 1 heterocycles. The Labute approximate surface area is 83.6 Å². The molecule has 0 amide bonds. The number of aromatic nitrogens is 2. The maximum atomic E-state index is 4.15. The molecular formula is C9H17N3S. The fraction of sp³-hybridized carbons (Fsp3) is 0.778. The molecule has 0 aliphatic heterocycles. The fourth-order valence-electron chi connectivity index (χ4n) is 0.832. The Morgan fingerprint density at radius 1 is 1.23 bits per heavy atom. The number of hydrogen-bond donors (Lipinski definition) is 1. The van der Waals surface area contributed by atoms with Gasteiger partial charge in [-0.2, -0.15) is 0 Å². The molecule has 0 saturated heterocycles. The average Bonchev–Trinajstić information content (AvgIpc) is 2.32. The van der Waals surface area contributed by atoms with E-state index in [1.165, 1.54) is 0 Å². The molecular weight excluding hydrogens is 182 g/mol. The van der Waals surface area contributed by atoms with E-state index >= 15 is 0 Å². The molecule has 1 rings (SSSR count). The zero-order valence-corrected chi connectivity index (χ0v) is 9.70. The lowest BCUT2D eigenvalue weighted by Crippen LogP contribution is -2.10. The Balaban J connectivity index is 2.75. The highest BCUT2D eigenvalue weighted by atomic mass is 32.1. The molecule has 0 aliphatic rings. The Morgan fingerprint density at radius 3 is 2.23 bits per heavy atom. The number of nitrogens with zero attached hydrogens (tertiary/aromatic N) is 2. The van der Waals surface area contributed by atoms with Gasteiger partial charge in [0.15, 0.2) is 0 Å². The highest BCUT2D eigenvalue weighted by Gasteiger charge is 2.19. The van der Waals surface area contributed by atoms with E-state index in [2.05, 4.69) is 50.1 Å². The van der Waals surface area contributed by atoms with E-state index in [1.807, 2.05) is 0 Å². The maximum absolute atomic E-state index is 4.15. The summed E-state index contributed by atoms with van der Waals surface area (Å²) in [7, 11) is 0. The van der Waals surface area contributed by atoms with Crippen molar-refractivity contribution in [1.82, 2.24) is 10.2 Å². The summed E-state index contributed by atoms with van der Waals surface area (Å²) in [4.78, 5) is 0. The summed E-state index contributed by atoms with van der Waals surface area (Å²) < 4.78 is 0. The summed E-state index contributed by atoms with van der Waals surface area (Å²) in [6.45, 7) is 10.6. The smallest absolute Gasteiger partial charge is 0.205 e. The summed E-state index contributed by atoms with van der Waals surface area (Å²) in [5.74, 6) is 0. The molecule has 0 radical (unpaired) electrons. The summed E-state index contributed by atoms with van der Waals surface area (Å²) in [5.41, 5.74) is 0.106. The van der Waals surface area contributed by atoms with Crippen molar-refractivity contribution in [2.75, 3.05) is 5.32 Å². The number of hydrogen-bond acceptors (Lipinski definition) is 4. The maximum Gasteiger partial charge on any atom is 0.205 e. The minimum atomic E-state index is 0.106. The van der Waals surface area contributed by atoms with Crippen LogP contribution >= 0.6 is 11.3 Å². The lowest BCUT2D eigenvalue weighted by Gasteiger charge is -2.12. The first-order valence-corrected chi connectivity index (χ1v) is 5.32. The molecule has 0 saturated carbocycles. The van der Waals surface area contributed by atoms with Crippen LogP contribution in [0.4, 0.5) is 5.13 Å². The highest BCUT2D eigenvalue weighted by Crippen LogP contribution is 2.27. The van der Waals surface area contributed by atoms with E-state index in [1.54, 1.807) is 11.3 Å². The first-order valence-electron chi connectivity index (χ1n) is 4.50. The molecule has 74 valence electrons. The van der Waals surface area contributed by atoms with Crippen molar-refractivity contribution in [2.24, 2.45) is 0 Å². The first kappa shape index (κ1) is 10.4. The van der Waals surface area contributed by atoms with Crippen LogP contribution in [-0.4, -0.2) is 16.2 Å². The van der Waals surface area contributed by atoms with Gasteiger partial charge in [0.25, 0.3) is 0 Å². The van der Waals surface area contributed by atoms with Gasteiger partial charge in [-0.3, -0.25) is 0 Å². The fourth-order valence-corrected chi connectivity index (χ4v) is 1.78. The van der Waals surface area contributed by atoms with Crippen molar-refractivity contribution < 1.29 is 0 Å². The molecule has 1 aromatic heterocycles. The number of rotatable bonds is 2. The van der Waals surface area contributed by atoms with E-state index in [4.69, 9.17) is 0 Å². The molecule has 1 N–H and O–H groups in total.